The van der Waals surface area contributed by atoms with Gasteiger partial charge in [-0.05, 0) is 50.2 Å². The standard InChI is InChI=1S/C23H27F3N8/c1-12-28-16-5-4-15(30-21(16)33(12)11-17(25)26)18-14(24)10-34-19(18)20(27)31-22(32-34)29-13-6-8-23(2,3)9-7-13/h4-5,10,13,17H,6-9,11H2,1-3H3,(H3,27,29,31,32). The fourth-order valence-electron chi connectivity index (χ4n) is 4.72. The lowest BCUT2D eigenvalue weighted by molar-refractivity contribution is 0.127. The summed E-state index contributed by atoms with van der Waals surface area (Å²) in [4.78, 5) is 13.1. The fourth-order valence-corrected chi connectivity index (χ4v) is 4.72. The third-order valence-corrected chi connectivity index (χ3v) is 6.64. The Balaban J connectivity index is 1.52. The number of aryl methyl sites for hydroxylation is 1. The molecule has 4 aromatic heterocycles. The minimum Gasteiger partial charge on any atom is -0.382 e. The number of hydrogen-bond donors (Lipinski definition) is 2. The van der Waals surface area contributed by atoms with E-state index in [0.29, 0.717) is 22.7 Å². The molecule has 0 spiro atoms. The average Bonchev–Trinajstić information content (AvgIpc) is 3.25. The summed E-state index contributed by atoms with van der Waals surface area (Å²) in [6.45, 7) is 5.62. The predicted octanol–water partition coefficient (Wildman–Crippen LogP) is 4.82. The van der Waals surface area contributed by atoms with Crippen molar-refractivity contribution in [3.05, 3.63) is 30.0 Å². The number of nitrogens with one attached hydrogen (secondary N) is 1. The number of nitrogens with two attached hydrogens (primary N) is 1. The van der Waals surface area contributed by atoms with Crippen LogP contribution in [0.2, 0.25) is 0 Å². The first-order chi connectivity index (χ1) is 16.1. The fraction of sp³-hybridized carbons (Fsp3) is 0.478. The molecule has 4 heterocycles. The molecule has 5 rings (SSSR count). The SMILES string of the molecule is Cc1nc2ccc(-c3c(F)cn4nc(NC5CCC(C)(C)CC5)nc(N)c34)nc2n1CC(F)F. The van der Waals surface area contributed by atoms with Crippen molar-refractivity contribution in [1.29, 1.82) is 0 Å². The molecule has 4 aromatic rings. The number of pyridine rings is 1. The molecule has 0 aliphatic heterocycles. The van der Waals surface area contributed by atoms with E-state index in [1.807, 2.05) is 0 Å². The van der Waals surface area contributed by atoms with Crippen LogP contribution in [0.15, 0.2) is 18.3 Å². The summed E-state index contributed by atoms with van der Waals surface area (Å²) >= 11 is 0. The van der Waals surface area contributed by atoms with Gasteiger partial charge in [-0.3, -0.25) is 0 Å². The number of nitrogens with zero attached hydrogens (tertiary/aromatic N) is 6. The summed E-state index contributed by atoms with van der Waals surface area (Å²) in [5.74, 6) is 0.268. The van der Waals surface area contributed by atoms with Gasteiger partial charge in [-0.2, -0.15) is 4.98 Å². The summed E-state index contributed by atoms with van der Waals surface area (Å²) in [5, 5.41) is 7.76. The molecule has 11 heteroatoms. The molecule has 0 saturated heterocycles. The largest absolute Gasteiger partial charge is 0.382 e. The van der Waals surface area contributed by atoms with Gasteiger partial charge in [0.15, 0.2) is 17.3 Å². The summed E-state index contributed by atoms with van der Waals surface area (Å²) < 4.78 is 43.9. The number of imidazole rings is 1. The number of rotatable bonds is 5. The van der Waals surface area contributed by atoms with E-state index in [1.165, 1.54) is 15.3 Å². The second-order valence-corrected chi connectivity index (χ2v) is 9.75. The Morgan fingerprint density at radius 1 is 1.18 bits per heavy atom. The quantitative estimate of drug-likeness (QED) is 0.432. The predicted molar refractivity (Wildman–Crippen MR) is 124 cm³/mol. The van der Waals surface area contributed by atoms with Gasteiger partial charge in [-0.1, -0.05) is 13.8 Å². The lowest BCUT2D eigenvalue weighted by Crippen LogP contribution is -2.30. The van der Waals surface area contributed by atoms with E-state index in [9.17, 15) is 8.78 Å². The van der Waals surface area contributed by atoms with Crippen LogP contribution in [0.3, 0.4) is 0 Å². The van der Waals surface area contributed by atoms with Crippen molar-refractivity contribution in [2.45, 2.75) is 65.5 Å². The first kappa shape index (κ1) is 22.4. The Kier molecular flexibility index (Phi) is 5.37. The van der Waals surface area contributed by atoms with E-state index < -0.39 is 18.8 Å². The van der Waals surface area contributed by atoms with Crippen LogP contribution in [-0.2, 0) is 6.54 Å². The first-order valence-electron chi connectivity index (χ1n) is 11.3. The number of anilines is 2. The van der Waals surface area contributed by atoms with Gasteiger partial charge in [0.2, 0.25) is 5.95 Å². The van der Waals surface area contributed by atoms with Crippen molar-refractivity contribution in [2.24, 2.45) is 5.41 Å². The van der Waals surface area contributed by atoms with Crippen molar-refractivity contribution < 1.29 is 13.2 Å². The van der Waals surface area contributed by atoms with E-state index in [1.54, 1.807) is 19.1 Å². The summed E-state index contributed by atoms with van der Waals surface area (Å²) in [6.07, 6.45) is 2.84. The third kappa shape index (κ3) is 4.03. The van der Waals surface area contributed by atoms with Crippen molar-refractivity contribution in [2.75, 3.05) is 11.1 Å². The Bertz CT molecular complexity index is 1360. The van der Waals surface area contributed by atoms with Gasteiger partial charge in [0.05, 0.1) is 24.0 Å². The Morgan fingerprint density at radius 2 is 1.91 bits per heavy atom. The highest BCUT2D eigenvalue weighted by Gasteiger charge is 2.28. The zero-order valence-electron chi connectivity index (χ0n) is 19.3. The maximum Gasteiger partial charge on any atom is 0.256 e. The van der Waals surface area contributed by atoms with Gasteiger partial charge in [0, 0.05) is 6.04 Å². The smallest absolute Gasteiger partial charge is 0.256 e. The summed E-state index contributed by atoms with van der Waals surface area (Å²) in [6, 6.07) is 3.45. The molecule has 1 fully saturated rings. The minimum absolute atomic E-state index is 0.103. The van der Waals surface area contributed by atoms with Crippen molar-refractivity contribution >= 4 is 28.4 Å². The van der Waals surface area contributed by atoms with Crippen LogP contribution in [0.5, 0.6) is 0 Å². The van der Waals surface area contributed by atoms with Crippen LogP contribution in [0.1, 0.15) is 45.4 Å². The minimum atomic E-state index is -2.57. The number of hydrogen-bond acceptors (Lipinski definition) is 6. The lowest BCUT2D eigenvalue weighted by atomic mass is 9.76. The van der Waals surface area contributed by atoms with E-state index in [-0.39, 0.29) is 34.3 Å². The molecule has 180 valence electrons. The second kappa shape index (κ2) is 8.14. The molecule has 0 aromatic carbocycles. The maximum atomic E-state index is 15.1. The second-order valence-electron chi connectivity index (χ2n) is 9.75. The van der Waals surface area contributed by atoms with Crippen LogP contribution in [-0.4, -0.2) is 41.6 Å². The molecule has 8 nitrogen and oxygen atoms in total. The van der Waals surface area contributed by atoms with Gasteiger partial charge in [0.25, 0.3) is 6.43 Å². The van der Waals surface area contributed by atoms with Crippen molar-refractivity contribution in [3.8, 4) is 11.3 Å². The number of nitrogen functional groups attached to an aromatic ring is 1. The topological polar surface area (TPSA) is 98.9 Å². The molecule has 0 atom stereocenters. The molecule has 0 bridgehead atoms. The normalized spacial score (nSPS) is 16.7. The number of halogens is 3. The molecule has 0 unspecified atom stereocenters. The molecule has 34 heavy (non-hydrogen) atoms. The van der Waals surface area contributed by atoms with E-state index in [0.717, 1.165) is 25.7 Å². The summed E-state index contributed by atoms with van der Waals surface area (Å²) in [7, 11) is 0. The maximum absolute atomic E-state index is 15.1. The van der Waals surface area contributed by atoms with Crippen LogP contribution in [0.25, 0.3) is 27.9 Å². The van der Waals surface area contributed by atoms with Crippen LogP contribution in [0, 0.1) is 18.2 Å². The molecule has 1 aliphatic carbocycles. The first-order valence-corrected chi connectivity index (χ1v) is 11.3. The highest BCUT2D eigenvalue weighted by Crippen LogP contribution is 2.36. The Morgan fingerprint density at radius 3 is 2.62 bits per heavy atom. The van der Waals surface area contributed by atoms with Gasteiger partial charge in [-0.25, -0.2) is 27.7 Å². The number of alkyl halides is 2. The zero-order valence-corrected chi connectivity index (χ0v) is 19.3. The molecular formula is C23H27F3N8. The van der Waals surface area contributed by atoms with Gasteiger partial charge >= 0.3 is 0 Å². The Hall–Kier alpha value is -3.37. The van der Waals surface area contributed by atoms with E-state index in [4.69, 9.17) is 5.73 Å². The van der Waals surface area contributed by atoms with Crippen molar-refractivity contribution in [3.63, 3.8) is 0 Å². The Labute approximate surface area is 194 Å². The van der Waals surface area contributed by atoms with E-state index >= 15 is 4.39 Å². The monoisotopic (exact) mass is 472 g/mol. The molecular weight excluding hydrogens is 445 g/mol. The molecule has 1 aliphatic rings. The number of aromatic nitrogens is 6. The molecule has 3 N–H and O–H groups in total. The highest BCUT2D eigenvalue weighted by molar-refractivity contribution is 5.89. The van der Waals surface area contributed by atoms with Gasteiger partial charge in [0.1, 0.15) is 16.9 Å². The molecule has 0 amide bonds. The van der Waals surface area contributed by atoms with Gasteiger partial charge < -0.3 is 15.6 Å². The zero-order chi connectivity index (χ0) is 24.2. The highest BCUT2D eigenvalue weighted by atomic mass is 19.3. The molecule has 0 radical (unpaired) electrons. The third-order valence-electron chi connectivity index (χ3n) is 6.64. The van der Waals surface area contributed by atoms with Crippen LogP contribution >= 0.6 is 0 Å². The van der Waals surface area contributed by atoms with Crippen LogP contribution < -0.4 is 11.1 Å². The molecule has 1 saturated carbocycles. The lowest BCUT2D eigenvalue weighted by Gasteiger charge is -2.34. The summed E-state index contributed by atoms with van der Waals surface area (Å²) in [5.41, 5.74) is 7.93. The van der Waals surface area contributed by atoms with E-state index in [2.05, 4.69) is 39.2 Å². The number of fused-ring (bicyclic) bond motifs is 2. The average molecular weight is 473 g/mol. The van der Waals surface area contributed by atoms with Crippen LogP contribution in [0.4, 0.5) is 24.9 Å². The van der Waals surface area contributed by atoms with Crippen molar-refractivity contribution in [1.82, 2.24) is 29.1 Å². The van der Waals surface area contributed by atoms with Gasteiger partial charge in [-0.15, -0.1) is 5.10 Å².